The zero-order chi connectivity index (χ0) is 26.2. The Kier molecular flexibility index (Phi) is 7.83. The van der Waals surface area contributed by atoms with E-state index in [0.717, 1.165) is 36.1 Å². The van der Waals surface area contributed by atoms with Gasteiger partial charge in [-0.1, -0.05) is 61.6 Å². The molecule has 1 aliphatic carbocycles. The highest BCUT2D eigenvalue weighted by Crippen LogP contribution is 2.46. The van der Waals surface area contributed by atoms with E-state index in [4.69, 9.17) is 32.5 Å². The van der Waals surface area contributed by atoms with Gasteiger partial charge in [-0.3, -0.25) is 4.79 Å². The molecule has 1 N–H and O–H groups in total. The van der Waals surface area contributed by atoms with Crippen molar-refractivity contribution in [2.24, 2.45) is 11.3 Å². The van der Waals surface area contributed by atoms with E-state index in [0.29, 0.717) is 37.9 Å². The van der Waals surface area contributed by atoms with Gasteiger partial charge in [0.2, 0.25) is 0 Å². The SMILES string of the molecule is CCOC(=O)c1c(NC(=O)c2c(-c3c(Cl)cccc3Cl)noc2C)sc2c1CC[C@H](C(C)(C)CC)C2. The Balaban J connectivity index is 1.73. The van der Waals surface area contributed by atoms with Crippen LogP contribution in [0.5, 0.6) is 0 Å². The molecule has 0 unspecified atom stereocenters. The smallest absolute Gasteiger partial charge is 0.341 e. The Hall–Kier alpha value is -2.35. The summed E-state index contributed by atoms with van der Waals surface area (Å²) in [5.74, 6) is -0.0481. The third kappa shape index (κ3) is 4.93. The number of anilines is 1. The molecule has 6 nitrogen and oxygen atoms in total. The van der Waals surface area contributed by atoms with Gasteiger partial charge in [0.05, 0.1) is 22.2 Å². The van der Waals surface area contributed by atoms with Gasteiger partial charge in [0.25, 0.3) is 5.91 Å². The normalized spacial score (nSPS) is 15.5. The summed E-state index contributed by atoms with van der Waals surface area (Å²) >= 11 is 14.2. The molecular formula is C27H30Cl2N2O4S. The molecule has 0 saturated heterocycles. The second-order valence-electron chi connectivity index (χ2n) is 9.72. The van der Waals surface area contributed by atoms with Crippen LogP contribution in [-0.2, 0) is 17.6 Å². The van der Waals surface area contributed by atoms with Gasteiger partial charge in [-0.2, -0.15) is 0 Å². The number of hydrogen-bond acceptors (Lipinski definition) is 6. The van der Waals surface area contributed by atoms with Crippen LogP contribution in [0.15, 0.2) is 22.7 Å². The van der Waals surface area contributed by atoms with Crippen LogP contribution < -0.4 is 5.32 Å². The maximum absolute atomic E-state index is 13.6. The minimum absolute atomic E-state index is 0.192. The zero-order valence-corrected chi connectivity index (χ0v) is 23.4. The summed E-state index contributed by atoms with van der Waals surface area (Å²) in [6.45, 7) is 10.5. The Labute approximate surface area is 225 Å². The van der Waals surface area contributed by atoms with Crippen LogP contribution in [0.2, 0.25) is 10.0 Å². The van der Waals surface area contributed by atoms with E-state index in [9.17, 15) is 9.59 Å². The number of aromatic nitrogens is 1. The van der Waals surface area contributed by atoms with Crippen molar-refractivity contribution in [3.63, 3.8) is 0 Å². The first-order chi connectivity index (χ1) is 17.1. The molecule has 0 aliphatic heterocycles. The van der Waals surface area contributed by atoms with Crippen LogP contribution >= 0.6 is 34.5 Å². The number of ether oxygens (including phenoxy) is 1. The maximum atomic E-state index is 13.6. The molecular weight excluding hydrogens is 519 g/mol. The summed E-state index contributed by atoms with van der Waals surface area (Å²) in [4.78, 5) is 27.7. The molecule has 3 aromatic rings. The number of nitrogens with zero attached hydrogens (tertiary/aromatic N) is 1. The molecule has 192 valence electrons. The van der Waals surface area contributed by atoms with Gasteiger partial charge >= 0.3 is 5.97 Å². The summed E-state index contributed by atoms with van der Waals surface area (Å²) in [7, 11) is 0. The third-order valence-electron chi connectivity index (χ3n) is 7.28. The number of fused-ring (bicyclic) bond motifs is 1. The molecule has 2 aromatic heterocycles. The molecule has 1 atom stereocenters. The van der Waals surface area contributed by atoms with Crippen molar-refractivity contribution in [2.45, 2.75) is 60.3 Å². The minimum atomic E-state index is -0.450. The molecule has 0 fully saturated rings. The van der Waals surface area contributed by atoms with Crippen LogP contribution in [0.1, 0.15) is 77.5 Å². The lowest BCUT2D eigenvalue weighted by molar-refractivity contribution is 0.0526. The van der Waals surface area contributed by atoms with E-state index in [1.165, 1.54) is 11.3 Å². The highest BCUT2D eigenvalue weighted by atomic mass is 35.5. The first kappa shape index (κ1) is 26.7. The van der Waals surface area contributed by atoms with Gasteiger partial charge in [-0.25, -0.2) is 4.79 Å². The second-order valence-corrected chi connectivity index (χ2v) is 11.6. The molecule has 0 bridgehead atoms. The number of esters is 1. The topological polar surface area (TPSA) is 81.4 Å². The number of amides is 1. The largest absolute Gasteiger partial charge is 0.462 e. The molecule has 36 heavy (non-hydrogen) atoms. The van der Waals surface area contributed by atoms with Crippen molar-refractivity contribution < 1.29 is 18.8 Å². The average Bonchev–Trinajstić information content (AvgIpc) is 3.38. The predicted octanol–water partition coefficient (Wildman–Crippen LogP) is 7.99. The third-order valence-corrected chi connectivity index (χ3v) is 9.08. The number of rotatable bonds is 7. The van der Waals surface area contributed by atoms with Crippen LogP contribution in [0.3, 0.4) is 0 Å². The Bertz CT molecular complexity index is 1290. The molecule has 0 saturated carbocycles. The first-order valence-corrected chi connectivity index (χ1v) is 13.7. The van der Waals surface area contributed by atoms with Crippen molar-refractivity contribution >= 4 is 51.4 Å². The van der Waals surface area contributed by atoms with Crippen LogP contribution in [0.4, 0.5) is 5.00 Å². The zero-order valence-electron chi connectivity index (χ0n) is 21.1. The molecule has 2 heterocycles. The Morgan fingerprint density at radius 2 is 1.92 bits per heavy atom. The summed E-state index contributed by atoms with van der Waals surface area (Å²) in [5, 5.41) is 8.23. The van der Waals surface area contributed by atoms with E-state index in [1.54, 1.807) is 32.0 Å². The number of carbonyl (C=O) groups excluding carboxylic acids is 2. The number of nitrogens with one attached hydrogen (secondary N) is 1. The van der Waals surface area contributed by atoms with Crippen LogP contribution in [-0.4, -0.2) is 23.6 Å². The molecule has 4 rings (SSSR count). The summed E-state index contributed by atoms with van der Waals surface area (Å²) in [6.07, 6.45) is 3.71. The first-order valence-electron chi connectivity index (χ1n) is 12.1. The molecule has 0 spiro atoms. The molecule has 9 heteroatoms. The highest BCUT2D eigenvalue weighted by molar-refractivity contribution is 7.17. The van der Waals surface area contributed by atoms with Crippen molar-refractivity contribution in [3.05, 3.63) is 55.6 Å². The average molecular weight is 550 g/mol. The monoisotopic (exact) mass is 548 g/mol. The number of halogens is 2. The van der Waals surface area contributed by atoms with Gasteiger partial charge in [0, 0.05) is 10.4 Å². The van der Waals surface area contributed by atoms with E-state index in [1.807, 2.05) is 0 Å². The fourth-order valence-corrected chi connectivity index (χ4v) is 6.64. The van der Waals surface area contributed by atoms with Gasteiger partial charge in [-0.05, 0) is 62.1 Å². The molecule has 1 aliphatic rings. The minimum Gasteiger partial charge on any atom is -0.462 e. The molecule has 1 aromatic carbocycles. The second kappa shape index (κ2) is 10.6. The van der Waals surface area contributed by atoms with Crippen molar-refractivity contribution in [2.75, 3.05) is 11.9 Å². The van der Waals surface area contributed by atoms with Gasteiger partial charge in [0.1, 0.15) is 22.0 Å². The maximum Gasteiger partial charge on any atom is 0.341 e. The van der Waals surface area contributed by atoms with E-state index in [-0.39, 0.29) is 23.3 Å². The number of benzene rings is 1. The predicted molar refractivity (Wildman–Crippen MR) is 145 cm³/mol. The van der Waals surface area contributed by atoms with Gasteiger partial charge in [0.15, 0.2) is 0 Å². The van der Waals surface area contributed by atoms with Gasteiger partial charge < -0.3 is 14.6 Å². The Morgan fingerprint density at radius 1 is 1.22 bits per heavy atom. The molecule has 1 amide bonds. The summed E-state index contributed by atoms with van der Waals surface area (Å²) in [5.41, 5.74) is 2.51. The number of carbonyl (C=O) groups is 2. The van der Waals surface area contributed by atoms with E-state index >= 15 is 0 Å². The number of hydrogen-bond donors (Lipinski definition) is 1. The highest BCUT2D eigenvalue weighted by Gasteiger charge is 2.36. The van der Waals surface area contributed by atoms with E-state index < -0.39 is 11.9 Å². The number of aryl methyl sites for hydroxylation is 1. The van der Waals surface area contributed by atoms with Crippen LogP contribution in [0.25, 0.3) is 11.3 Å². The lowest BCUT2D eigenvalue weighted by atomic mass is 9.69. The summed E-state index contributed by atoms with van der Waals surface area (Å²) in [6, 6.07) is 5.07. The van der Waals surface area contributed by atoms with Crippen molar-refractivity contribution in [1.82, 2.24) is 5.16 Å². The van der Waals surface area contributed by atoms with Crippen molar-refractivity contribution in [1.29, 1.82) is 0 Å². The summed E-state index contributed by atoms with van der Waals surface area (Å²) < 4.78 is 10.7. The lowest BCUT2D eigenvalue weighted by Crippen LogP contribution is -2.28. The van der Waals surface area contributed by atoms with Crippen molar-refractivity contribution in [3.8, 4) is 11.3 Å². The van der Waals surface area contributed by atoms with Crippen LogP contribution in [0, 0.1) is 18.3 Å². The van der Waals surface area contributed by atoms with Gasteiger partial charge in [-0.15, -0.1) is 11.3 Å². The standard InChI is InChI=1S/C27H30Cl2N2O4S/c1-6-27(4,5)15-11-12-16-19(13-15)36-25(21(16)26(33)34-7-2)30-24(32)20-14(3)35-31-23(20)22-17(28)9-8-10-18(22)29/h8-10,15H,6-7,11-13H2,1-5H3,(H,30,32)/t15-/m0/s1. The quantitative estimate of drug-likeness (QED) is 0.302. The fourth-order valence-electron chi connectivity index (χ4n) is 4.75. The number of thiophene rings is 1. The molecule has 0 radical (unpaired) electrons. The lowest BCUT2D eigenvalue weighted by Gasteiger charge is -2.36. The van der Waals surface area contributed by atoms with E-state index in [2.05, 4.69) is 31.2 Å². The fraction of sp³-hybridized carbons (Fsp3) is 0.444. The Morgan fingerprint density at radius 3 is 2.56 bits per heavy atom.